The quantitative estimate of drug-likeness (QED) is 0.179. The average Bonchev–Trinajstić information content (AvgIpc) is 2.83. The molecular formula is C27H33O7PS. The van der Waals surface area contributed by atoms with Gasteiger partial charge in [0.1, 0.15) is 11.5 Å². The van der Waals surface area contributed by atoms with Gasteiger partial charge in [-0.2, -0.15) is 8.42 Å². The standard InChI is InChI=1S/C27H33O7PS/c1-3-32-35(28,33-4-2)27(36(29,30)31)19-11-15-23-14-10-17-25(21-23)34-26-18-9-8-16-24(26)20-22-12-6-5-7-13-22/h5-10,12-14,16-18,21,27H,3-4,11,15,19-20H2,1-2H3,(H,29,30,31). The van der Waals surface area contributed by atoms with Crippen molar-refractivity contribution >= 4 is 17.7 Å². The molecule has 0 aliphatic heterocycles. The van der Waals surface area contributed by atoms with Crippen LogP contribution in [0.25, 0.3) is 0 Å². The third-order valence-corrected chi connectivity index (χ3v) is 10.3. The number of rotatable bonds is 14. The summed E-state index contributed by atoms with van der Waals surface area (Å²) in [6.07, 6.45) is 1.52. The highest BCUT2D eigenvalue weighted by molar-refractivity contribution is 7.94. The molecule has 1 N–H and O–H groups in total. The minimum absolute atomic E-state index is 0.00836. The normalized spacial score (nSPS) is 12.9. The molecule has 36 heavy (non-hydrogen) atoms. The molecule has 0 radical (unpaired) electrons. The summed E-state index contributed by atoms with van der Waals surface area (Å²) in [6.45, 7) is 3.20. The molecule has 7 nitrogen and oxygen atoms in total. The van der Waals surface area contributed by atoms with Crippen LogP contribution < -0.4 is 4.74 Å². The molecule has 194 valence electrons. The van der Waals surface area contributed by atoms with Gasteiger partial charge in [-0.05, 0) is 68.0 Å². The predicted octanol–water partition coefficient (Wildman–Crippen LogP) is 6.87. The fraction of sp³-hybridized carbons (Fsp3) is 0.333. The Kier molecular flexibility index (Phi) is 10.3. The van der Waals surface area contributed by atoms with Crippen LogP contribution in [0.3, 0.4) is 0 Å². The van der Waals surface area contributed by atoms with Crippen molar-refractivity contribution < 1.29 is 31.3 Å². The number of benzene rings is 3. The maximum Gasteiger partial charge on any atom is 0.351 e. The van der Waals surface area contributed by atoms with Crippen molar-refractivity contribution in [2.24, 2.45) is 0 Å². The Balaban J connectivity index is 1.69. The Morgan fingerprint density at radius 3 is 2.17 bits per heavy atom. The van der Waals surface area contributed by atoms with Crippen LogP contribution in [0.4, 0.5) is 0 Å². The van der Waals surface area contributed by atoms with Gasteiger partial charge in [-0.1, -0.05) is 60.7 Å². The lowest BCUT2D eigenvalue weighted by atomic mass is 10.0. The van der Waals surface area contributed by atoms with Gasteiger partial charge in [0.05, 0.1) is 13.2 Å². The smallest absolute Gasteiger partial charge is 0.351 e. The first kappa shape index (κ1) is 28.1. The molecule has 0 heterocycles. The first-order chi connectivity index (χ1) is 17.2. The number of hydrogen-bond donors (Lipinski definition) is 1. The van der Waals surface area contributed by atoms with Crippen LogP contribution in [0.1, 0.15) is 43.4 Å². The van der Waals surface area contributed by atoms with E-state index < -0.39 is 22.7 Å². The largest absolute Gasteiger partial charge is 0.457 e. The SMILES string of the molecule is CCOP(=O)(OCC)C(CCCc1cccc(Oc2ccccc2Cc2ccccc2)c1)S(=O)(=O)O. The predicted molar refractivity (Wildman–Crippen MR) is 141 cm³/mol. The van der Waals surface area contributed by atoms with Crippen LogP contribution in [0.5, 0.6) is 11.5 Å². The minimum atomic E-state index is -4.64. The summed E-state index contributed by atoms with van der Waals surface area (Å²) in [5.74, 6) is 1.42. The molecule has 0 amide bonds. The molecule has 3 rings (SSSR count). The second-order valence-electron chi connectivity index (χ2n) is 8.26. The summed E-state index contributed by atoms with van der Waals surface area (Å²) < 4.78 is 63.3. The fourth-order valence-corrected chi connectivity index (χ4v) is 7.73. The molecule has 1 atom stereocenters. The summed E-state index contributed by atoms with van der Waals surface area (Å²) in [7, 11) is -8.66. The lowest BCUT2D eigenvalue weighted by molar-refractivity contribution is 0.215. The zero-order valence-electron chi connectivity index (χ0n) is 20.6. The van der Waals surface area contributed by atoms with E-state index in [0.717, 1.165) is 23.3 Å². The second-order valence-corrected chi connectivity index (χ2v) is 12.4. The van der Waals surface area contributed by atoms with Crippen molar-refractivity contribution in [2.75, 3.05) is 13.2 Å². The molecule has 0 aromatic heterocycles. The van der Waals surface area contributed by atoms with Crippen LogP contribution in [-0.2, 0) is 36.6 Å². The first-order valence-electron chi connectivity index (χ1n) is 12.0. The van der Waals surface area contributed by atoms with Crippen molar-refractivity contribution in [1.82, 2.24) is 0 Å². The molecule has 3 aromatic carbocycles. The van der Waals surface area contributed by atoms with Crippen molar-refractivity contribution in [2.45, 2.75) is 44.5 Å². The van der Waals surface area contributed by atoms with E-state index in [9.17, 15) is 17.5 Å². The molecule has 0 spiro atoms. The lowest BCUT2D eigenvalue weighted by Gasteiger charge is -2.24. The maximum atomic E-state index is 13.0. The Hall–Kier alpha value is -2.48. The van der Waals surface area contributed by atoms with Crippen LogP contribution >= 0.6 is 7.60 Å². The van der Waals surface area contributed by atoms with Gasteiger partial charge in [0.25, 0.3) is 10.1 Å². The average molecular weight is 533 g/mol. The summed E-state index contributed by atoms with van der Waals surface area (Å²) >= 11 is 0. The number of aryl methyl sites for hydroxylation is 1. The van der Waals surface area contributed by atoms with Gasteiger partial charge in [-0.3, -0.25) is 9.12 Å². The van der Waals surface area contributed by atoms with E-state index in [-0.39, 0.29) is 19.6 Å². The molecule has 0 saturated carbocycles. The maximum absolute atomic E-state index is 13.0. The molecule has 0 saturated heterocycles. The zero-order valence-corrected chi connectivity index (χ0v) is 22.3. The van der Waals surface area contributed by atoms with Gasteiger partial charge >= 0.3 is 7.60 Å². The number of ether oxygens (including phenoxy) is 1. The van der Waals surface area contributed by atoms with E-state index >= 15 is 0 Å². The highest BCUT2D eigenvalue weighted by Crippen LogP contribution is 2.56. The highest BCUT2D eigenvalue weighted by Gasteiger charge is 2.44. The van der Waals surface area contributed by atoms with Gasteiger partial charge in [-0.15, -0.1) is 0 Å². The minimum Gasteiger partial charge on any atom is -0.457 e. The topological polar surface area (TPSA) is 99.1 Å². The zero-order chi connectivity index (χ0) is 26.0. The van der Waals surface area contributed by atoms with Crippen molar-refractivity contribution in [1.29, 1.82) is 0 Å². The van der Waals surface area contributed by atoms with Gasteiger partial charge < -0.3 is 13.8 Å². The van der Waals surface area contributed by atoms with Gasteiger partial charge in [-0.25, -0.2) is 0 Å². The van der Waals surface area contributed by atoms with E-state index in [1.54, 1.807) is 13.8 Å². The molecule has 1 unspecified atom stereocenters. The summed E-state index contributed by atoms with van der Waals surface area (Å²) in [4.78, 5) is -1.63. The van der Waals surface area contributed by atoms with E-state index in [1.165, 1.54) is 5.56 Å². The Labute approximate surface area is 213 Å². The molecule has 0 fully saturated rings. The van der Waals surface area contributed by atoms with E-state index in [0.29, 0.717) is 18.6 Å². The third kappa shape index (κ3) is 8.02. The number of hydrogen-bond acceptors (Lipinski definition) is 6. The van der Waals surface area contributed by atoms with Crippen LogP contribution in [0.15, 0.2) is 78.9 Å². The monoisotopic (exact) mass is 532 g/mol. The first-order valence-corrected chi connectivity index (χ1v) is 15.1. The van der Waals surface area contributed by atoms with Crippen LogP contribution in [-0.4, -0.2) is 31.2 Å². The Morgan fingerprint density at radius 2 is 1.50 bits per heavy atom. The molecule has 9 heteroatoms. The van der Waals surface area contributed by atoms with E-state index in [2.05, 4.69) is 12.1 Å². The van der Waals surface area contributed by atoms with Crippen molar-refractivity contribution in [3.63, 3.8) is 0 Å². The van der Waals surface area contributed by atoms with Gasteiger partial charge in [0.15, 0.2) is 4.99 Å². The highest BCUT2D eigenvalue weighted by atomic mass is 32.2. The van der Waals surface area contributed by atoms with Crippen LogP contribution in [0.2, 0.25) is 0 Å². The fourth-order valence-electron chi connectivity index (χ4n) is 3.97. The molecular weight excluding hydrogens is 499 g/mol. The van der Waals surface area contributed by atoms with Gasteiger partial charge in [0.2, 0.25) is 0 Å². The Bertz CT molecular complexity index is 1250. The Morgan fingerprint density at radius 1 is 0.861 bits per heavy atom. The molecule has 0 aliphatic rings. The summed E-state index contributed by atoms with van der Waals surface area (Å²) in [5, 5.41) is 0. The van der Waals surface area contributed by atoms with Gasteiger partial charge in [0, 0.05) is 6.42 Å². The van der Waals surface area contributed by atoms with Crippen LogP contribution in [0, 0.1) is 0 Å². The summed E-state index contributed by atoms with van der Waals surface area (Å²) in [5.41, 5.74) is 3.17. The van der Waals surface area contributed by atoms with E-state index in [4.69, 9.17) is 13.8 Å². The molecule has 0 aliphatic carbocycles. The van der Waals surface area contributed by atoms with Crippen molar-refractivity contribution in [3.8, 4) is 11.5 Å². The molecule has 3 aromatic rings. The lowest BCUT2D eigenvalue weighted by Crippen LogP contribution is -2.23. The van der Waals surface area contributed by atoms with E-state index in [1.807, 2.05) is 66.7 Å². The summed E-state index contributed by atoms with van der Waals surface area (Å²) in [6, 6.07) is 25.6. The third-order valence-electron chi connectivity index (χ3n) is 5.57. The molecule has 0 bridgehead atoms. The number of para-hydroxylation sites is 1. The van der Waals surface area contributed by atoms with Crippen molar-refractivity contribution in [3.05, 3.63) is 95.6 Å². The second kappa shape index (κ2) is 13.2.